The van der Waals surface area contributed by atoms with Crippen LogP contribution in [0.5, 0.6) is 5.75 Å². The minimum absolute atomic E-state index is 0.0205. The highest BCUT2D eigenvalue weighted by atomic mass is 16.5. The Balaban J connectivity index is 1.74. The van der Waals surface area contributed by atoms with Crippen molar-refractivity contribution in [1.29, 1.82) is 0 Å². The molecule has 3 heteroatoms. The average Bonchev–Trinajstić information content (AvgIpc) is 2.92. The molecule has 2 aliphatic rings. The van der Waals surface area contributed by atoms with Gasteiger partial charge in [0.25, 0.3) is 0 Å². The van der Waals surface area contributed by atoms with E-state index < -0.39 is 0 Å². The van der Waals surface area contributed by atoms with Gasteiger partial charge in [-0.15, -0.1) is 0 Å². The molecule has 21 heavy (non-hydrogen) atoms. The summed E-state index contributed by atoms with van der Waals surface area (Å²) in [5.41, 5.74) is 2.75. The van der Waals surface area contributed by atoms with Gasteiger partial charge in [0.1, 0.15) is 11.9 Å². The van der Waals surface area contributed by atoms with Crippen molar-refractivity contribution >= 4 is 0 Å². The average molecular weight is 289 g/mol. The first kappa shape index (κ1) is 14.9. The zero-order valence-electron chi connectivity index (χ0n) is 13.0. The van der Waals surface area contributed by atoms with E-state index in [1.165, 1.54) is 11.1 Å². The predicted molar refractivity (Wildman–Crippen MR) is 84.7 cm³/mol. The molecule has 0 saturated heterocycles. The maximum absolute atomic E-state index is 10.1. The number of aliphatic hydroxyl groups excluding tert-OH is 1. The van der Waals surface area contributed by atoms with Crippen molar-refractivity contribution in [2.24, 2.45) is 0 Å². The molecule has 1 aromatic rings. The molecule has 3 nitrogen and oxygen atoms in total. The normalized spacial score (nSPS) is 28.4. The number of fused-ring (bicyclic) bond motifs is 1. The van der Waals surface area contributed by atoms with Crippen molar-refractivity contribution in [2.75, 3.05) is 6.54 Å². The predicted octanol–water partition coefficient (Wildman–Crippen LogP) is 3.36. The first-order valence-corrected chi connectivity index (χ1v) is 8.49. The molecule has 116 valence electrons. The van der Waals surface area contributed by atoms with Crippen molar-refractivity contribution in [1.82, 2.24) is 5.32 Å². The monoisotopic (exact) mass is 289 g/mol. The number of ether oxygens (including phenoxy) is 1. The highest BCUT2D eigenvalue weighted by Gasteiger charge is 2.28. The van der Waals surface area contributed by atoms with Crippen LogP contribution in [-0.4, -0.2) is 23.9 Å². The standard InChI is InChI=1S/C18H27NO2/c1-2-12-19-15-11-10-14-13(15)6-5-9-17(14)21-18-8-4-3-7-16(18)20/h5-6,9,15-16,18-20H,2-4,7-8,10-12H2,1H3. The molecule has 0 bridgehead atoms. The Morgan fingerprint density at radius 1 is 1.24 bits per heavy atom. The summed E-state index contributed by atoms with van der Waals surface area (Å²) in [5.74, 6) is 0.999. The molecule has 2 N–H and O–H groups in total. The first-order valence-electron chi connectivity index (χ1n) is 8.49. The van der Waals surface area contributed by atoms with Gasteiger partial charge in [0.2, 0.25) is 0 Å². The van der Waals surface area contributed by atoms with Crippen molar-refractivity contribution in [3.63, 3.8) is 0 Å². The fraction of sp³-hybridized carbons (Fsp3) is 0.667. The molecule has 3 unspecified atom stereocenters. The number of rotatable bonds is 5. The summed E-state index contributed by atoms with van der Waals surface area (Å²) in [6, 6.07) is 6.86. The Hall–Kier alpha value is -1.06. The van der Waals surface area contributed by atoms with Crippen LogP contribution in [0.2, 0.25) is 0 Å². The van der Waals surface area contributed by atoms with E-state index in [1.807, 2.05) is 0 Å². The van der Waals surface area contributed by atoms with Crippen LogP contribution < -0.4 is 10.1 Å². The van der Waals surface area contributed by atoms with Crippen molar-refractivity contribution in [3.8, 4) is 5.75 Å². The first-order chi connectivity index (χ1) is 10.3. The molecule has 3 rings (SSSR count). The lowest BCUT2D eigenvalue weighted by atomic mass is 9.94. The molecule has 0 radical (unpaired) electrons. The summed E-state index contributed by atoms with van der Waals surface area (Å²) < 4.78 is 6.19. The summed E-state index contributed by atoms with van der Waals surface area (Å²) in [4.78, 5) is 0. The second kappa shape index (κ2) is 6.80. The Morgan fingerprint density at radius 2 is 2.10 bits per heavy atom. The zero-order chi connectivity index (χ0) is 14.7. The van der Waals surface area contributed by atoms with E-state index in [1.54, 1.807) is 0 Å². The largest absolute Gasteiger partial charge is 0.487 e. The van der Waals surface area contributed by atoms with E-state index in [4.69, 9.17) is 4.74 Å². The van der Waals surface area contributed by atoms with Crippen LogP contribution in [0.15, 0.2) is 18.2 Å². The number of hydrogen-bond donors (Lipinski definition) is 2. The number of benzene rings is 1. The molecule has 2 aliphatic carbocycles. The summed E-state index contributed by atoms with van der Waals surface area (Å²) in [6.45, 7) is 3.27. The molecule has 0 spiro atoms. The van der Waals surface area contributed by atoms with Crippen molar-refractivity contribution in [2.45, 2.75) is 70.1 Å². The number of aliphatic hydroxyl groups is 1. The minimum Gasteiger partial charge on any atom is -0.487 e. The quantitative estimate of drug-likeness (QED) is 0.873. The maximum Gasteiger partial charge on any atom is 0.124 e. The van der Waals surface area contributed by atoms with Gasteiger partial charge < -0.3 is 15.2 Å². The Labute approximate surface area is 127 Å². The van der Waals surface area contributed by atoms with Gasteiger partial charge >= 0.3 is 0 Å². The van der Waals surface area contributed by atoms with E-state index in [0.29, 0.717) is 6.04 Å². The van der Waals surface area contributed by atoms with Gasteiger partial charge in [0, 0.05) is 6.04 Å². The van der Waals surface area contributed by atoms with E-state index in [0.717, 1.165) is 57.2 Å². The fourth-order valence-corrected chi connectivity index (χ4v) is 3.64. The van der Waals surface area contributed by atoms with Gasteiger partial charge in [-0.25, -0.2) is 0 Å². The molecule has 0 aliphatic heterocycles. The van der Waals surface area contributed by atoms with Crippen LogP contribution in [0.1, 0.15) is 62.6 Å². The van der Waals surface area contributed by atoms with Gasteiger partial charge in [0.15, 0.2) is 0 Å². The molecule has 1 saturated carbocycles. The van der Waals surface area contributed by atoms with Crippen LogP contribution in [0.25, 0.3) is 0 Å². The molecule has 1 fully saturated rings. The van der Waals surface area contributed by atoms with E-state index in [2.05, 4.69) is 30.4 Å². The third-order valence-electron chi connectivity index (χ3n) is 4.81. The van der Waals surface area contributed by atoms with Crippen LogP contribution in [0.4, 0.5) is 0 Å². The van der Waals surface area contributed by atoms with Gasteiger partial charge in [-0.05, 0) is 62.3 Å². The summed E-state index contributed by atoms with van der Waals surface area (Å²) in [7, 11) is 0. The smallest absolute Gasteiger partial charge is 0.124 e. The van der Waals surface area contributed by atoms with Crippen molar-refractivity contribution in [3.05, 3.63) is 29.3 Å². The highest BCUT2D eigenvalue weighted by Crippen LogP contribution is 2.38. The van der Waals surface area contributed by atoms with E-state index in [9.17, 15) is 5.11 Å². The molecule has 1 aromatic carbocycles. The third-order valence-corrected chi connectivity index (χ3v) is 4.81. The molecule has 0 aromatic heterocycles. The maximum atomic E-state index is 10.1. The Bertz CT molecular complexity index is 474. The van der Waals surface area contributed by atoms with Gasteiger partial charge in [-0.3, -0.25) is 0 Å². The van der Waals surface area contributed by atoms with E-state index >= 15 is 0 Å². The number of nitrogens with one attached hydrogen (secondary N) is 1. The molecular weight excluding hydrogens is 262 g/mol. The molecule has 0 amide bonds. The van der Waals surface area contributed by atoms with Gasteiger partial charge in [-0.2, -0.15) is 0 Å². The topological polar surface area (TPSA) is 41.5 Å². The number of hydrogen-bond acceptors (Lipinski definition) is 3. The van der Waals surface area contributed by atoms with Crippen LogP contribution in [0.3, 0.4) is 0 Å². The van der Waals surface area contributed by atoms with Crippen LogP contribution in [0, 0.1) is 0 Å². The second-order valence-electron chi connectivity index (χ2n) is 6.38. The van der Waals surface area contributed by atoms with Crippen LogP contribution in [-0.2, 0) is 6.42 Å². The summed E-state index contributed by atoms with van der Waals surface area (Å²) in [6.07, 6.45) is 7.21. The highest BCUT2D eigenvalue weighted by molar-refractivity contribution is 5.45. The van der Waals surface area contributed by atoms with Gasteiger partial charge in [0.05, 0.1) is 6.10 Å². The Morgan fingerprint density at radius 3 is 2.90 bits per heavy atom. The van der Waals surface area contributed by atoms with Crippen LogP contribution >= 0.6 is 0 Å². The van der Waals surface area contributed by atoms with E-state index in [-0.39, 0.29) is 12.2 Å². The van der Waals surface area contributed by atoms with Gasteiger partial charge in [-0.1, -0.05) is 25.5 Å². The lowest BCUT2D eigenvalue weighted by Gasteiger charge is -2.29. The third kappa shape index (κ3) is 3.24. The fourth-order valence-electron chi connectivity index (χ4n) is 3.64. The summed E-state index contributed by atoms with van der Waals surface area (Å²) >= 11 is 0. The Kier molecular flexibility index (Phi) is 4.81. The lowest BCUT2D eigenvalue weighted by molar-refractivity contribution is 0.00644. The molecule has 3 atom stereocenters. The summed E-state index contributed by atoms with van der Waals surface area (Å²) in [5, 5.41) is 13.7. The SMILES string of the molecule is CCCNC1CCc2c(OC3CCCCC3O)cccc21. The molecule has 0 heterocycles. The van der Waals surface area contributed by atoms with Crippen molar-refractivity contribution < 1.29 is 9.84 Å². The lowest BCUT2D eigenvalue weighted by Crippen LogP contribution is -2.34. The second-order valence-corrected chi connectivity index (χ2v) is 6.38. The zero-order valence-corrected chi connectivity index (χ0v) is 13.0. The molecular formula is C18H27NO2. The minimum atomic E-state index is -0.301.